The third kappa shape index (κ3) is 5.38. The monoisotopic (exact) mass is 428 g/mol. The Morgan fingerprint density at radius 1 is 0.933 bits per heavy atom. The van der Waals surface area contributed by atoms with Gasteiger partial charge in [-0.05, 0) is 49.7 Å². The highest BCUT2D eigenvalue weighted by atomic mass is 32.2. The molecule has 0 fully saturated rings. The average molecular weight is 428 g/mol. The molecule has 2 N–H and O–H groups in total. The van der Waals surface area contributed by atoms with E-state index in [-0.39, 0.29) is 0 Å². The molecule has 0 bridgehead atoms. The molecule has 3 rings (SSSR count). The maximum absolute atomic E-state index is 13.6. The van der Waals surface area contributed by atoms with E-state index in [0.717, 1.165) is 29.1 Å². The van der Waals surface area contributed by atoms with Crippen LogP contribution >= 0.6 is 11.8 Å². The fourth-order valence-corrected chi connectivity index (χ4v) is 3.50. The molecular weight excluding hydrogens is 410 g/mol. The number of halogens is 2. The summed E-state index contributed by atoms with van der Waals surface area (Å²) in [5, 5.41) is 0.682. The summed E-state index contributed by atoms with van der Waals surface area (Å²) in [6.07, 6.45) is 0. The van der Waals surface area contributed by atoms with E-state index in [4.69, 9.17) is 0 Å². The number of aromatic nitrogens is 2. The van der Waals surface area contributed by atoms with Gasteiger partial charge in [0.25, 0.3) is 11.8 Å². The van der Waals surface area contributed by atoms with E-state index in [2.05, 4.69) is 20.8 Å². The number of benzene rings is 2. The molecule has 30 heavy (non-hydrogen) atoms. The van der Waals surface area contributed by atoms with Gasteiger partial charge < -0.3 is 0 Å². The molecule has 6 nitrogen and oxygen atoms in total. The van der Waals surface area contributed by atoms with Crippen molar-refractivity contribution in [3.05, 3.63) is 88.2 Å². The number of hydrogen-bond donors (Lipinski definition) is 2. The first-order chi connectivity index (χ1) is 14.3. The number of amides is 2. The van der Waals surface area contributed by atoms with Crippen LogP contribution in [0.4, 0.5) is 8.78 Å². The number of nitrogens with zero attached hydrogens (tertiary/aromatic N) is 2. The number of aryl methyl sites for hydroxylation is 2. The number of rotatable bonds is 5. The molecule has 2 aromatic carbocycles. The lowest BCUT2D eigenvalue weighted by Gasteiger charge is -2.09. The third-order valence-electron chi connectivity index (χ3n) is 4.03. The van der Waals surface area contributed by atoms with Gasteiger partial charge in [-0.25, -0.2) is 18.7 Å². The van der Waals surface area contributed by atoms with Crippen molar-refractivity contribution < 1.29 is 18.4 Å². The first-order valence-electron chi connectivity index (χ1n) is 8.92. The number of carbonyl (C=O) groups is 2. The summed E-state index contributed by atoms with van der Waals surface area (Å²) in [6, 6.07) is 11.9. The molecule has 0 saturated heterocycles. The second kappa shape index (κ2) is 9.45. The SMILES string of the molecule is Cc1cc(C)nc(SCc2ccc(C(=O)NNC(=O)c3cccc(F)c3F)cc2)n1. The highest BCUT2D eigenvalue weighted by molar-refractivity contribution is 7.98. The quantitative estimate of drug-likeness (QED) is 0.368. The molecule has 0 spiro atoms. The lowest BCUT2D eigenvalue weighted by molar-refractivity contribution is 0.0844. The summed E-state index contributed by atoms with van der Waals surface area (Å²) in [5.41, 5.74) is 6.81. The topological polar surface area (TPSA) is 84.0 Å². The van der Waals surface area contributed by atoms with Crippen molar-refractivity contribution in [2.75, 3.05) is 0 Å². The normalized spacial score (nSPS) is 10.5. The highest BCUT2D eigenvalue weighted by Crippen LogP contribution is 2.20. The Balaban J connectivity index is 1.55. The van der Waals surface area contributed by atoms with Crippen molar-refractivity contribution in [2.45, 2.75) is 24.8 Å². The zero-order valence-corrected chi connectivity index (χ0v) is 17.0. The minimum Gasteiger partial charge on any atom is -0.267 e. The Kier molecular flexibility index (Phi) is 6.73. The zero-order valence-electron chi connectivity index (χ0n) is 16.2. The van der Waals surface area contributed by atoms with Gasteiger partial charge >= 0.3 is 0 Å². The molecule has 0 aliphatic rings. The summed E-state index contributed by atoms with van der Waals surface area (Å²) >= 11 is 1.48. The molecule has 0 unspecified atom stereocenters. The highest BCUT2D eigenvalue weighted by Gasteiger charge is 2.16. The van der Waals surface area contributed by atoms with Crippen LogP contribution in [0.2, 0.25) is 0 Å². The van der Waals surface area contributed by atoms with Gasteiger partial charge in [-0.1, -0.05) is 30.0 Å². The first kappa shape index (κ1) is 21.4. The average Bonchev–Trinajstić information content (AvgIpc) is 2.72. The van der Waals surface area contributed by atoms with Crippen LogP contribution in [0.15, 0.2) is 53.7 Å². The minimum atomic E-state index is -1.28. The summed E-state index contributed by atoms with van der Waals surface area (Å²) in [5.74, 6) is -3.34. The molecule has 1 aromatic heterocycles. The Labute approximate surface area is 176 Å². The molecular formula is C21H18F2N4O2S. The van der Waals surface area contributed by atoms with Crippen molar-refractivity contribution >= 4 is 23.6 Å². The second-order valence-electron chi connectivity index (χ2n) is 6.43. The van der Waals surface area contributed by atoms with Gasteiger partial charge in [0.15, 0.2) is 16.8 Å². The van der Waals surface area contributed by atoms with E-state index in [9.17, 15) is 18.4 Å². The minimum absolute atomic E-state index is 0.298. The van der Waals surface area contributed by atoms with Gasteiger partial charge in [-0.15, -0.1) is 0 Å². The molecule has 0 aliphatic carbocycles. The summed E-state index contributed by atoms with van der Waals surface area (Å²) in [7, 11) is 0. The van der Waals surface area contributed by atoms with Crippen molar-refractivity contribution in [3.8, 4) is 0 Å². The van der Waals surface area contributed by atoms with Crippen LogP contribution in [-0.2, 0) is 5.75 Å². The van der Waals surface area contributed by atoms with E-state index >= 15 is 0 Å². The van der Waals surface area contributed by atoms with Gasteiger partial charge in [0.05, 0.1) is 5.56 Å². The molecule has 0 aliphatic heterocycles. The maximum atomic E-state index is 13.6. The van der Waals surface area contributed by atoms with Gasteiger partial charge in [-0.3, -0.25) is 20.4 Å². The standard InChI is InChI=1S/C21H18F2N4O2S/c1-12-10-13(2)25-21(24-12)30-11-14-6-8-15(9-7-14)19(28)26-27-20(29)16-4-3-5-17(22)18(16)23/h3-10H,11H2,1-2H3,(H,26,28)(H,27,29). The lowest BCUT2D eigenvalue weighted by atomic mass is 10.1. The van der Waals surface area contributed by atoms with Crippen LogP contribution in [0.1, 0.15) is 37.7 Å². The van der Waals surface area contributed by atoms with E-state index in [1.807, 2.05) is 19.9 Å². The fourth-order valence-electron chi connectivity index (χ4n) is 2.59. The Morgan fingerprint density at radius 2 is 1.57 bits per heavy atom. The predicted molar refractivity (Wildman–Crippen MR) is 109 cm³/mol. The van der Waals surface area contributed by atoms with Crippen molar-refractivity contribution in [1.29, 1.82) is 0 Å². The van der Waals surface area contributed by atoms with E-state index in [1.54, 1.807) is 24.3 Å². The summed E-state index contributed by atoms with van der Waals surface area (Å²) in [4.78, 5) is 32.8. The van der Waals surface area contributed by atoms with Crippen LogP contribution in [0.25, 0.3) is 0 Å². The number of carbonyl (C=O) groups excluding carboxylic acids is 2. The van der Waals surface area contributed by atoms with Gasteiger partial charge in [0.1, 0.15) is 0 Å². The number of thioether (sulfide) groups is 1. The Hall–Kier alpha value is -3.33. The zero-order chi connectivity index (χ0) is 21.7. The molecule has 0 atom stereocenters. The lowest BCUT2D eigenvalue weighted by Crippen LogP contribution is -2.42. The number of hydrogen-bond acceptors (Lipinski definition) is 5. The third-order valence-corrected chi connectivity index (χ3v) is 4.95. The van der Waals surface area contributed by atoms with E-state index in [1.165, 1.54) is 17.8 Å². The van der Waals surface area contributed by atoms with E-state index in [0.29, 0.717) is 16.5 Å². The maximum Gasteiger partial charge on any atom is 0.272 e. The first-order valence-corrected chi connectivity index (χ1v) is 9.91. The molecule has 1 heterocycles. The van der Waals surface area contributed by atoms with Crippen molar-refractivity contribution in [3.63, 3.8) is 0 Å². The predicted octanol–water partition coefficient (Wildman–Crippen LogP) is 3.74. The van der Waals surface area contributed by atoms with Gasteiger partial charge in [-0.2, -0.15) is 0 Å². The van der Waals surface area contributed by atoms with Crippen LogP contribution in [0.3, 0.4) is 0 Å². The Morgan fingerprint density at radius 3 is 2.23 bits per heavy atom. The number of nitrogens with one attached hydrogen (secondary N) is 2. The summed E-state index contributed by atoms with van der Waals surface area (Å²) in [6.45, 7) is 3.82. The molecule has 9 heteroatoms. The molecule has 3 aromatic rings. The molecule has 0 radical (unpaired) electrons. The van der Waals surface area contributed by atoms with Crippen LogP contribution in [-0.4, -0.2) is 21.8 Å². The molecule has 2 amide bonds. The Bertz CT molecular complexity index is 1070. The molecule has 154 valence electrons. The molecule has 0 saturated carbocycles. The van der Waals surface area contributed by atoms with Gasteiger partial charge in [0.2, 0.25) is 0 Å². The van der Waals surface area contributed by atoms with Crippen LogP contribution in [0.5, 0.6) is 0 Å². The number of hydrazine groups is 1. The van der Waals surface area contributed by atoms with Crippen molar-refractivity contribution in [2.24, 2.45) is 0 Å². The largest absolute Gasteiger partial charge is 0.272 e. The van der Waals surface area contributed by atoms with Crippen LogP contribution < -0.4 is 10.9 Å². The van der Waals surface area contributed by atoms with Crippen LogP contribution in [0, 0.1) is 25.5 Å². The van der Waals surface area contributed by atoms with Gasteiger partial charge in [0, 0.05) is 22.7 Å². The smallest absolute Gasteiger partial charge is 0.267 e. The second-order valence-corrected chi connectivity index (χ2v) is 7.37. The van der Waals surface area contributed by atoms with E-state index < -0.39 is 29.0 Å². The van der Waals surface area contributed by atoms with Crippen molar-refractivity contribution in [1.82, 2.24) is 20.8 Å². The fraction of sp³-hybridized carbons (Fsp3) is 0.143. The summed E-state index contributed by atoms with van der Waals surface area (Å²) < 4.78 is 26.8.